The van der Waals surface area contributed by atoms with Gasteiger partial charge in [-0.15, -0.1) is 11.3 Å². The summed E-state index contributed by atoms with van der Waals surface area (Å²) in [6.45, 7) is 2.03. The average molecular weight is 398 g/mol. The molecule has 0 radical (unpaired) electrons. The van der Waals surface area contributed by atoms with Crippen LogP contribution in [-0.2, 0) is 20.0 Å². The van der Waals surface area contributed by atoms with E-state index < -0.39 is 0 Å². The topological polar surface area (TPSA) is 141 Å². The fraction of sp³-hybridized carbons (Fsp3) is 0.278. The molecule has 0 aliphatic heterocycles. The van der Waals surface area contributed by atoms with Crippen LogP contribution >= 0.6 is 11.3 Å². The molecule has 3 aromatic rings. The number of thiazole rings is 1. The molecule has 0 fully saturated rings. The molecule has 3 aromatic heterocycles. The van der Waals surface area contributed by atoms with E-state index in [4.69, 9.17) is 16.9 Å². The summed E-state index contributed by atoms with van der Waals surface area (Å²) in [5.74, 6) is 0. The van der Waals surface area contributed by atoms with Crippen LogP contribution in [-0.4, -0.2) is 38.8 Å². The first-order chi connectivity index (χ1) is 13.4. The van der Waals surface area contributed by atoms with Crippen molar-refractivity contribution >= 4 is 45.0 Å². The van der Waals surface area contributed by atoms with Gasteiger partial charge in [-0.2, -0.15) is 5.10 Å². The van der Waals surface area contributed by atoms with Crippen LogP contribution in [0, 0.1) is 5.41 Å². The van der Waals surface area contributed by atoms with Crippen molar-refractivity contribution in [3.8, 4) is 0 Å². The summed E-state index contributed by atoms with van der Waals surface area (Å²) >= 11 is 1.47. The molecular formula is C18H22N8OS. The van der Waals surface area contributed by atoms with Crippen LogP contribution in [0.4, 0.5) is 0 Å². The first kappa shape index (κ1) is 19.5. The lowest BCUT2D eigenvalue weighted by molar-refractivity contribution is 0.630. The SMILES string of the molecule is CN=CC(C)=C(N)Cn1ncc2c3sc(CC(N)=CC=N)nc3n(C)c2c1=O. The zero-order valence-electron chi connectivity index (χ0n) is 15.9. The Morgan fingerprint density at radius 3 is 2.86 bits per heavy atom. The van der Waals surface area contributed by atoms with E-state index in [9.17, 15) is 4.79 Å². The van der Waals surface area contributed by atoms with Gasteiger partial charge in [-0.1, -0.05) is 0 Å². The second-order valence-corrected chi connectivity index (χ2v) is 7.45. The average Bonchev–Trinajstić information content (AvgIpc) is 3.16. The quantitative estimate of drug-likeness (QED) is 0.537. The third kappa shape index (κ3) is 3.46. The Kier molecular flexibility index (Phi) is 5.41. The second kappa shape index (κ2) is 7.77. The number of fused-ring (bicyclic) bond motifs is 3. The highest BCUT2D eigenvalue weighted by Gasteiger charge is 2.18. The molecule has 5 N–H and O–H groups in total. The number of nitrogens with one attached hydrogen (secondary N) is 1. The molecule has 3 heterocycles. The van der Waals surface area contributed by atoms with E-state index >= 15 is 0 Å². The van der Waals surface area contributed by atoms with Gasteiger partial charge < -0.3 is 21.4 Å². The number of hydrogen-bond donors (Lipinski definition) is 3. The molecule has 0 saturated carbocycles. The monoisotopic (exact) mass is 398 g/mol. The summed E-state index contributed by atoms with van der Waals surface area (Å²) in [6.07, 6.45) is 6.47. The van der Waals surface area contributed by atoms with Crippen molar-refractivity contribution in [2.45, 2.75) is 19.9 Å². The lowest BCUT2D eigenvalue weighted by Gasteiger charge is -2.07. The molecule has 0 atom stereocenters. The van der Waals surface area contributed by atoms with Crippen molar-refractivity contribution in [2.75, 3.05) is 7.05 Å². The summed E-state index contributed by atoms with van der Waals surface area (Å²) in [5.41, 5.74) is 14.9. The molecule has 0 unspecified atom stereocenters. The highest BCUT2D eigenvalue weighted by molar-refractivity contribution is 7.19. The summed E-state index contributed by atoms with van der Waals surface area (Å²) in [6, 6.07) is 0. The summed E-state index contributed by atoms with van der Waals surface area (Å²) in [4.78, 5) is 21.5. The van der Waals surface area contributed by atoms with Crippen molar-refractivity contribution in [3.05, 3.63) is 44.6 Å². The molecule has 0 spiro atoms. The third-order valence-corrected chi connectivity index (χ3v) is 5.45. The molecule has 0 amide bonds. The van der Waals surface area contributed by atoms with E-state index in [1.807, 2.05) is 14.0 Å². The predicted molar refractivity (Wildman–Crippen MR) is 114 cm³/mol. The van der Waals surface area contributed by atoms with Gasteiger partial charge >= 0.3 is 0 Å². The third-order valence-electron chi connectivity index (χ3n) is 4.37. The number of rotatable bonds is 6. The van der Waals surface area contributed by atoms with Crippen LogP contribution < -0.4 is 17.0 Å². The van der Waals surface area contributed by atoms with Gasteiger partial charge in [0.15, 0.2) is 5.65 Å². The predicted octanol–water partition coefficient (Wildman–Crippen LogP) is 1.31. The largest absolute Gasteiger partial charge is 0.402 e. The molecular weight excluding hydrogens is 376 g/mol. The molecule has 3 rings (SSSR count). The zero-order valence-corrected chi connectivity index (χ0v) is 16.7. The number of aromatic nitrogens is 4. The Bertz CT molecular complexity index is 1210. The Hall–Kier alpha value is -3.27. The standard InChI is InChI=1S/C18H22N8OS/c1-10(7-22-2)13(21)9-26-18(27)15-12(8-23-26)16-17(25(15)3)24-14(28-16)6-11(20)4-5-19/h4-5,7-8,19H,6,9,20-21H2,1-3H3. The maximum atomic E-state index is 13.0. The molecule has 0 aliphatic rings. The summed E-state index contributed by atoms with van der Waals surface area (Å²) in [7, 11) is 3.48. The Balaban J connectivity index is 2.08. The Morgan fingerprint density at radius 1 is 1.43 bits per heavy atom. The van der Waals surface area contributed by atoms with Crippen LogP contribution in [0.25, 0.3) is 21.3 Å². The van der Waals surface area contributed by atoms with Gasteiger partial charge in [0.05, 0.1) is 17.4 Å². The molecule has 0 bridgehead atoms. The summed E-state index contributed by atoms with van der Waals surface area (Å²) < 4.78 is 4.02. The van der Waals surface area contributed by atoms with Gasteiger partial charge in [0, 0.05) is 49.7 Å². The number of aryl methyl sites for hydroxylation is 1. The Morgan fingerprint density at radius 2 is 2.18 bits per heavy atom. The molecule has 10 heteroatoms. The molecule has 0 aromatic carbocycles. The molecule has 0 saturated heterocycles. The van der Waals surface area contributed by atoms with Gasteiger partial charge in [0.2, 0.25) is 0 Å². The van der Waals surface area contributed by atoms with E-state index in [-0.39, 0.29) is 12.1 Å². The minimum absolute atomic E-state index is 0.190. The Labute approximate surface area is 165 Å². The van der Waals surface area contributed by atoms with Crippen LogP contribution in [0.3, 0.4) is 0 Å². The van der Waals surface area contributed by atoms with Gasteiger partial charge in [-0.3, -0.25) is 9.79 Å². The van der Waals surface area contributed by atoms with Crippen LogP contribution in [0.1, 0.15) is 11.9 Å². The maximum Gasteiger partial charge on any atom is 0.291 e. The van der Waals surface area contributed by atoms with Crippen molar-refractivity contribution < 1.29 is 0 Å². The van der Waals surface area contributed by atoms with Gasteiger partial charge in [-0.05, 0) is 18.6 Å². The second-order valence-electron chi connectivity index (χ2n) is 6.37. The van der Waals surface area contributed by atoms with Crippen molar-refractivity contribution in [2.24, 2.45) is 23.5 Å². The molecule has 146 valence electrons. The zero-order chi connectivity index (χ0) is 20.4. The van der Waals surface area contributed by atoms with E-state index in [1.165, 1.54) is 22.1 Å². The number of hydrogen-bond acceptors (Lipinski definition) is 8. The van der Waals surface area contributed by atoms with Crippen molar-refractivity contribution in [1.29, 1.82) is 5.41 Å². The fourth-order valence-corrected chi connectivity index (χ4v) is 4.06. The van der Waals surface area contributed by atoms with E-state index in [2.05, 4.69) is 15.1 Å². The van der Waals surface area contributed by atoms with Crippen LogP contribution in [0.5, 0.6) is 0 Å². The van der Waals surface area contributed by atoms with Crippen molar-refractivity contribution in [1.82, 2.24) is 19.3 Å². The van der Waals surface area contributed by atoms with Crippen LogP contribution in [0.15, 0.2) is 39.0 Å². The summed E-state index contributed by atoms with van der Waals surface area (Å²) in [5, 5.41) is 13.0. The first-order valence-corrected chi connectivity index (χ1v) is 9.35. The minimum Gasteiger partial charge on any atom is -0.402 e. The lowest BCUT2D eigenvalue weighted by Crippen LogP contribution is -2.27. The minimum atomic E-state index is -0.223. The van der Waals surface area contributed by atoms with E-state index in [0.717, 1.165) is 26.9 Å². The van der Waals surface area contributed by atoms with Crippen molar-refractivity contribution in [3.63, 3.8) is 0 Å². The number of nitrogens with two attached hydrogens (primary N) is 2. The number of allylic oxidation sites excluding steroid dienone is 4. The molecule has 0 aliphatic carbocycles. The highest BCUT2D eigenvalue weighted by Crippen LogP contribution is 2.31. The fourth-order valence-electron chi connectivity index (χ4n) is 2.92. The lowest BCUT2D eigenvalue weighted by atomic mass is 10.2. The normalized spacial score (nSPS) is 13.6. The van der Waals surface area contributed by atoms with Crippen LogP contribution in [0.2, 0.25) is 0 Å². The van der Waals surface area contributed by atoms with E-state index in [0.29, 0.717) is 29.0 Å². The smallest absolute Gasteiger partial charge is 0.291 e. The highest BCUT2D eigenvalue weighted by atomic mass is 32.1. The molecule has 9 nitrogen and oxygen atoms in total. The van der Waals surface area contributed by atoms with Gasteiger partial charge in [0.1, 0.15) is 10.5 Å². The molecule has 28 heavy (non-hydrogen) atoms. The maximum absolute atomic E-state index is 13.0. The number of nitrogens with zero attached hydrogens (tertiary/aromatic N) is 5. The van der Waals surface area contributed by atoms with E-state index in [1.54, 1.807) is 24.0 Å². The van der Waals surface area contributed by atoms with Gasteiger partial charge in [-0.25, -0.2) is 9.67 Å². The first-order valence-electron chi connectivity index (χ1n) is 8.53. The van der Waals surface area contributed by atoms with Gasteiger partial charge in [0.25, 0.3) is 5.56 Å². The number of aliphatic imine (C=N–C) groups is 1.